The molecule has 0 saturated heterocycles. The van der Waals surface area contributed by atoms with Gasteiger partial charge in [0.1, 0.15) is 12.4 Å². The molecule has 0 aliphatic heterocycles. The van der Waals surface area contributed by atoms with Gasteiger partial charge in [0.25, 0.3) is 0 Å². The predicted molar refractivity (Wildman–Crippen MR) is 69.3 cm³/mol. The van der Waals surface area contributed by atoms with Crippen LogP contribution in [-0.4, -0.2) is 12.1 Å². The van der Waals surface area contributed by atoms with E-state index in [1.165, 1.54) is 12.0 Å². The third-order valence-corrected chi connectivity index (χ3v) is 2.86. The first kappa shape index (κ1) is 13.3. The summed E-state index contributed by atoms with van der Waals surface area (Å²) in [6.07, 6.45) is 4.48. The average Bonchev–Trinajstić information content (AvgIpc) is 2.96. The molecule has 0 bridgehead atoms. The second-order valence-corrected chi connectivity index (χ2v) is 4.55. The van der Waals surface area contributed by atoms with Crippen LogP contribution in [0.25, 0.3) is 0 Å². The molecule has 1 aromatic rings. The zero-order valence-electron chi connectivity index (χ0n) is 9.74. The van der Waals surface area contributed by atoms with Gasteiger partial charge in [-0.2, -0.15) is 0 Å². The molecule has 1 aromatic carbocycles. The maximum Gasteiger partial charge on any atom is 0.119 e. The highest BCUT2D eigenvalue weighted by Gasteiger charge is 2.39. The number of benzene rings is 1. The molecular formula is C13H20ClNO. The topological polar surface area (TPSA) is 35.2 Å². The Hall–Kier alpha value is -0.730. The van der Waals surface area contributed by atoms with Gasteiger partial charge in [0.2, 0.25) is 0 Å². The minimum Gasteiger partial charge on any atom is -0.492 e. The molecule has 0 heterocycles. The summed E-state index contributed by atoms with van der Waals surface area (Å²) in [6.45, 7) is 2.84. The molecule has 2 N–H and O–H groups in total. The predicted octanol–water partition coefficient (Wildman–Crippen LogP) is 2.93. The average molecular weight is 242 g/mol. The molecule has 0 atom stereocenters. The van der Waals surface area contributed by atoms with E-state index in [2.05, 4.69) is 25.1 Å². The van der Waals surface area contributed by atoms with Gasteiger partial charge >= 0.3 is 0 Å². The lowest BCUT2D eigenvalue weighted by Crippen LogP contribution is -2.29. The fourth-order valence-corrected chi connectivity index (χ4v) is 1.61. The second kappa shape index (κ2) is 5.55. The number of ether oxygens (including phenoxy) is 1. The largest absolute Gasteiger partial charge is 0.492 e. The van der Waals surface area contributed by atoms with Gasteiger partial charge in [-0.15, -0.1) is 12.4 Å². The van der Waals surface area contributed by atoms with Crippen molar-refractivity contribution < 1.29 is 4.74 Å². The molecule has 0 spiro atoms. The van der Waals surface area contributed by atoms with Gasteiger partial charge < -0.3 is 10.5 Å². The molecule has 1 aliphatic carbocycles. The van der Waals surface area contributed by atoms with E-state index in [1.54, 1.807) is 0 Å². The molecule has 0 aromatic heterocycles. The molecule has 16 heavy (non-hydrogen) atoms. The van der Waals surface area contributed by atoms with Crippen LogP contribution in [0.1, 0.15) is 31.7 Å². The molecule has 2 nitrogen and oxygen atoms in total. The third kappa shape index (κ3) is 3.69. The van der Waals surface area contributed by atoms with E-state index in [1.807, 2.05) is 6.07 Å². The zero-order chi connectivity index (χ0) is 10.7. The van der Waals surface area contributed by atoms with E-state index in [-0.39, 0.29) is 17.9 Å². The monoisotopic (exact) mass is 241 g/mol. The first-order valence-corrected chi connectivity index (χ1v) is 5.72. The second-order valence-electron chi connectivity index (χ2n) is 4.55. The van der Waals surface area contributed by atoms with Gasteiger partial charge in [0.05, 0.1) is 5.54 Å². The lowest BCUT2D eigenvalue weighted by atomic mass is 10.1. The lowest BCUT2D eigenvalue weighted by Gasteiger charge is -2.11. The minimum absolute atomic E-state index is 0. The molecule has 1 saturated carbocycles. The fraction of sp³-hybridized carbons (Fsp3) is 0.538. The van der Waals surface area contributed by atoms with Crippen LogP contribution < -0.4 is 10.5 Å². The Morgan fingerprint density at radius 1 is 1.38 bits per heavy atom. The van der Waals surface area contributed by atoms with Crippen molar-refractivity contribution in [2.75, 3.05) is 6.61 Å². The van der Waals surface area contributed by atoms with Crippen molar-refractivity contribution in [2.24, 2.45) is 5.73 Å². The smallest absolute Gasteiger partial charge is 0.119 e. The summed E-state index contributed by atoms with van der Waals surface area (Å²) in [4.78, 5) is 0. The van der Waals surface area contributed by atoms with Crippen molar-refractivity contribution in [3.63, 3.8) is 0 Å². The van der Waals surface area contributed by atoms with Crippen LogP contribution in [0.3, 0.4) is 0 Å². The Morgan fingerprint density at radius 2 is 2.12 bits per heavy atom. The Bertz CT molecular complexity index is 336. The summed E-state index contributed by atoms with van der Waals surface area (Å²) in [7, 11) is 0. The van der Waals surface area contributed by atoms with Crippen LogP contribution in [-0.2, 0) is 6.42 Å². The van der Waals surface area contributed by atoms with Gasteiger partial charge in [-0.3, -0.25) is 0 Å². The van der Waals surface area contributed by atoms with Crippen LogP contribution in [0, 0.1) is 0 Å². The Morgan fingerprint density at radius 3 is 2.75 bits per heavy atom. The molecule has 3 heteroatoms. The van der Waals surface area contributed by atoms with Gasteiger partial charge in [-0.25, -0.2) is 0 Å². The summed E-state index contributed by atoms with van der Waals surface area (Å²) in [5.74, 6) is 0.956. The number of aryl methyl sites for hydroxylation is 1. The molecule has 1 aliphatic rings. The molecule has 1 fully saturated rings. The SMILES string of the molecule is CCCc1cccc(OCC2(N)CC2)c1.Cl. The first-order valence-electron chi connectivity index (χ1n) is 5.72. The highest BCUT2D eigenvalue weighted by atomic mass is 35.5. The number of hydrogen-bond acceptors (Lipinski definition) is 2. The standard InChI is InChI=1S/C13H19NO.ClH/c1-2-4-11-5-3-6-12(9-11)15-10-13(14)7-8-13;/h3,5-6,9H,2,4,7-8,10,14H2,1H3;1H. The molecule has 0 radical (unpaired) electrons. The fourth-order valence-electron chi connectivity index (χ4n) is 1.61. The number of nitrogens with two attached hydrogens (primary N) is 1. The molecular weight excluding hydrogens is 222 g/mol. The van der Waals surface area contributed by atoms with Crippen molar-refractivity contribution in [1.82, 2.24) is 0 Å². The van der Waals surface area contributed by atoms with Crippen molar-refractivity contribution in [1.29, 1.82) is 0 Å². The Kier molecular flexibility index (Phi) is 4.63. The van der Waals surface area contributed by atoms with Crippen molar-refractivity contribution >= 4 is 12.4 Å². The summed E-state index contributed by atoms with van der Waals surface area (Å²) >= 11 is 0. The van der Waals surface area contributed by atoms with Gasteiger partial charge in [0.15, 0.2) is 0 Å². The maximum absolute atomic E-state index is 5.97. The highest BCUT2D eigenvalue weighted by molar-refractivity contribution is 5.85. The van der Waals surface area contributed by atoms with E-state index in [0.717, 1.165) is 25.0 Å². The van der Waals surface area contributed by atoms with Gasteiger partial charge in [-0.05, 0) is 37.0 Å². The molecule has 0 unspecified atom stereocenters. The van der Waals surface area contributed by atoms with Crippen LogP contribution in [0.15, 0.2) is 24.3 Å². The van der Waals surface area contributed by atoms with Crippen LogP contribution in [0.4, 0.5) is 0 Å². The minimum atomic E-state index is -0.0270. The Balaban J connectivity index is 0.00000128. The van der Waals surface area contributed by atoms with Crippen LogP contribution in [0.2, 0.25) is 0 Å². The van der Waals surface area contributed by atoms with E-state index in [4.69, 9.17) is 10.5 Å². The van der Waals surface area contributed by atoms with Gasteiger partial charge in [0, 0.05) is 0 Å². The molecule has 0 amide bonds. The first-order chi connectivity index (χ1) is 7.22. The summed E-state index contributed by atoms with van der Waals surface area (Å²) in [6, 6.07) is 8.32. The van der Waals surface area contributed by atoms with E-state index < -0.39 is 0 Å². The van der Waals surface area contributed by atoms with Crippen LogP contribution in [0.5, 0.6) is 5.75 Å². The zero-order valence-corrected chi connectivity index (χ0v) is 10.6. The number of halogens is 1. The lowest BCUT2D eigenvalue weighted by molar-refractivity contribution is 0.279. The molecule has 90 valence electrons. The third-order valence-electron chi connectivity index (χ3n) is 2.86. The van der Waals surface area contributed by atoms with E-state index in [9.17, 15) is 0 Å². The van der Waals surface area contributed by atoms with Gasteiger partial charge in [-0.1, -0.05) is 25.5 Å². The van der Waals surface area contributed by atoms with Crippen molar-refractivity contribution in [3.05, 3.63) is 29.8 Å². The van der Waals surface area contributed by atoms with Crippen molar-refractivity contribution in [3.8, 4) is 5.75 Å². The number of rotatable bonds is 5. The van der Waals surface area contributed by atoms with Crippen LogP contribution >= 0.6 is 12.4 Å². The van der Waals surface area contributed by atoms with Crippen molar-refractivity contribution in [2.45, 2.75) is 38.1 Å². The van der Waals surface area contributed by atoms with E-state index in [0.29, 0.717) is 6.61 Å². The van der Waals surface area contributed by atoms with E-state index >= 15 is 0 Å². The quantitative estimate of drug-likeness (QED) is 0.860. The summed E-state index contributed by atoms with van der Waals surface area (Å²) in [5.41, 5.74) is 7.28. The summed E-state index contributed by atoms with van der Waals surface area (Å²) in [5, 5.41) is 0. The maximum atomic E-state index is 5.97. The number of hydrogen-bond donors (Lipinski definition) is 1. The Labute approximate surface area is 104 Å². The summed E-state index contributed by atoms with van der Waals surface area (Å²) < 4.78 is 5.69. The molecule has 2 rings (SSSR count). The normalized spacial score (nSPS) is 16.4. The highest BCUT2D eigenvalue weighted by Crippen LogP contribution is 2.32.